The number of anilines is 1. The normalized spacial score (nSPS) is 16.6. The molecule has 2 N–H and O–H groups in total. The summed E-state index contributed by atoms with van der Waals surface area (Å²) in [5, 5.41) is 12.6. The second kappa shape index (κ2) is 5.38. The number of rotatable bonds is 3. The molecule has 0 aliphatic heterocycles. The van der Waals surface area contributed by atoms with Gasteiger partial charge in [0, 0.05) is 11.7 Å². The number of aryl methyl sites for hydroxylation is 2. The van der Waals surface area contributed by atoms with E-state index in [4.69, 9.17) is 0 Å². The van der Waals surface area contributed by atoms with Crippen LogP contribution in [0.4, 0.5) is 5.82 Å². The molecular weight excluding hydrogens is 228 g/mol. The summed E-state index contributed by atoms with van der Waals surface area (Å²) in [4.78, 5) is 15.7. The van der Waals surface area contributed by atoms with Crippen LogP contribution in [0.1, 0.15) is 53.7 Å². The summed E-state index contributed by atoms with van der Waals surface area (Å²) in [6.07, 6.45) is 5.92. The number of hydrogen-bond acceptors (Lipinski definition) is 3. The van der Waals surface area contributed by atoms with Gasteiger partial charge in [0.15, 0.2) is 0 Å². The largest absolute Gasteiger partial charge is 0.478 e. The van der Waals surface area contributed by atoms with E-state index in [9.17, 15) is 9.90 Å². The summed E-state index contributed by atoms with van der Waals surface area (Å²) in [7, 11) is 0. The SMILES string of the molecule is Cc1cc(C)c(C(=O)O)c(NC2CCCCC2)n1. The van der Waals surface area contributed by atoms with Crippen LogP contribution < -0.4 is 5.32 Å². The zero-order chi connectivity index (χ0) is 13.1. The van der Waals surface area contributed by atoms with Crippen molar-refractivity contribution in [3.05, 3.63) is 22.9 Å². The van der Waals surface area contributed by atoms with Gasteiger partial charge in [0.2, 0.25) is 0 Å². The Bertz CT molecular complexity index is 451. The number of carboxylic acid groups (broad SMARTS) is 1. The number of carbonyl (C=O) groups is 1. The Kier molecular flexibility index (Phi) is 3.84. The van der Waals surface area contributed by atoms with Crippen LogP contribution in [0.2, 0.25) is 0 Å². The first kappa shape index (κ1) is 12.9. The Morgan fingerprint density at radius 2 is 2.00 bits per heavy atom. The quantitative estimate of drug-likeness (QED) is 0.862. The zero-order valence-electron chi connectivity index (χ0n) is 11.0. The molecule has 1 aromatic heterocycles. The molecule has 4 nitrogen and oxygen atoms in total. The highest BCUT2D eigenvalue weighted by atomic mass is 16.4. The minimum Gasteiger partial charge on any atom is -0.478 e. The first-order chi connectivity index (χ1) is 8.58. The van der Waals surface area contributed by atoms with Crippen LogP contribution >= 0.6 is 0 Å². The molecule has 0 aromatic carbocycles. The third-order valence-corrected chi connectivity index (χ3v) is 3.50. The topological polar surface area (TPSA) is 62.2 Å². The van der Waals surface area contributed by atoms with Gasteiger partial charge < -0.3 is 10.4 Å². The van der Waals surface area contributed by atoms with Crippen LogP contribution in [-0.4, -0.2) is 22.1 Å². The lowest BCUT2D eigenvalue weighted by Crippen LogP contribution is -2.24. The van der Waals surface area contributed by atoms with Gasteiger partial charge in [-0.05, 0) is 38.3 Å². The molecule has 0 atom stereocenters. The molecule has 0 unspecified atom stereocenters. The highest BCUT2D eigenvalue weighted by Crippen LogP contribution is 2.24. The molecule has 0 amide bonds. The van der Waals surface area contributed by atoms with E-state index in [-0.39, 0.29) is 0 Å². The van der Waals surface area contributed by atoms with Gasteiger partial charge in [0.1, 0.15) is 11.4 Å². The van der Waals surface area contributed by atoms with Crippen LogP contribution in [0.3, 0.4) is 0 Å². The van der Waals surface area contributed by atoms with Gasteiger partial charge >= 0.3 is 5.97 Å². The molecule has 4 heteroatoms. The smallest absolute Gasteiger partial charge is 0.339 e. The fourth-order valence-corrected chi connectivity index (χ4v) is 2.65. The first-order valence-electron chi connectivity index (χ1n) is 6.56. The number of pyridine rings is 1. The molecule has 1 aromatic rings. The highest BCUT2D eigenvalue weighted by Gasteiger charge is 2.19. The molecule has 2 rings (SSSR count). The molecule has 0 radical (unpaired) electrons. The lowest BCUT2D eigenvalue weighted by molar-refractivity contribution is 0.0696. The Labute approximate surface area is 107 Å². The number of aromatic nitrogens is 1. The fourth-order valence-electron chi connectivity index (χ4n) is 2.65. The van der Waals surface area contributed by atoms with Crippen molar-refractivity contribution in [2.75, 3.05) is 5.32 Å². The summed E-state index contributed by atoms with van der Waals surface area (Å²) in [5.41, 5.74) is 1.94. The van der Waals surface area contributed by atoms with Crippen molar-refractivity contribution in [2.24, 2.45) is 0 Å². The Balaban J connectivity index is 2.27. The molecule has 1 saturated carbocycles. The van der Waals surface area contributed by atoms with Gasteiger partial charge in [-0.2, -0.15) is 0 Å². The van der Waals surface area contributed by atoms with Gasteiger partial charge in [-0.15, -0.1) is 0 Å². The number of nitrogens with zero attached hydrogens (tertiary/aromatic N) is 1. The second-order valence-corrected chi connectivity index (χ2v) is 5.09. The Hall–Kier alpha value is -1.58. The third kappa shape index (κ3) is 2.81. The minimum atomic E-state index is -0.904. The van der Waals surface area contributed by atoms with E-state index in [0.29, 0.717) is 17.4 Å². The van der Waals surface area contributed by atoms with Gasteiger partial charge in [-0.25, -0.2) is 9.78 Å². The van der Waals surface area contributed by atoms with E-state index in [1.807, 2.05) is 19.9 Å². The van der Waals surface area contributed by atoms with E-state index >= 15 is 0 Å². The van der Waals surface area contributed by atoms with Crippen molar-refractivity contribution in [1.29, 1.82) is 0 Å². The lowest BCUT2D eigenvalue weighted by atomic mass is 9.95. The van der Waals surface area contributed by atoms with Crippen LogP contribution in [0.15, 0.2) is 6.07 Å². The standard InChI is InChI=1S/C14H20N2O2/c1-9-8-10(2)15-13(12(9)14(17)18)16-11-6-4-3-5-7-11/h8,11H,3-7H2,1-2H3,(H,15,16)(H,17,18). The van der Waals surface area contributed by atoms with Crippen molar-refractivity contribution in [2.45, 2.75) is 52.0 Å². The third-order valence-electron chi connectivity index (χ3n) is 3.50. The average molecular weight is 248 g/mol. The van der Waals surface area contributed by atoms with Crippen molar-refractivity contribution in [1.82, 2.24) is 4.98 Å². The average Bonchev–Trinajstić information content (AvgIpc) is 2.28. The van der Waals surface area contributed by atoms with Gasteiger partial charge in [0.25, 0.3) is 0 Å². The molecule has 1 fully saturated rings. The maximum absolute atomic E-state index is 11.3. The summed E-state index contributed by atoms with van der Waals surface area (Å²) in [5.74, 6) is -0.370. The van der Waals surface area contributed by atoms with Gasteiger partial charge in [-0.3, -0.25) is 0 Å². The summed E-state index contributed by atoms with van der Waals surface area (Å²) >= 11 is 0. The minimum absolute atomic E-state index is 0.311. The van der Waals surface area contributed by atoms with Gasteiger partial charge in [0.05, 0.1) is 0 Å². The fraction of sp³-hybridized carbons (Fsp3) is 0.571. The number of aromatic carboxylic acids is 1. The van der Waals surface area contributed by atoms with Crippen LogP contribution in [0.25, 0.3) is 0 Å². The number of hydrogen-bond donors (Lipinski definition) is 2. The molecule has 1 aliphatic carbocycles. The van der Waals surface area contributed by atoms with Crippen LogP contribution in [-0.2, 0) is 0 Å². The predicted molar refractivity (Wildman–Crippen MR) is 71.2 cm³/mol. The number of carboxylic acids is 1. The zero-order valence-corrected chi connectivity index (χ0v) is 11.0. The second-order valence-electron chi connectivity index (χ2n) is 5.09. The molecule has 0 bridgehead atoms. The molecule has 1 heterocycles. The summed E-state index contributed by atoms with van der Waals surface area (Å²) in [6.45, 7) is 3.72. The van der Waals surface area contributed by atoms with Crippen LogP contribution in [0, 0.1) is 13.8 Å². The first-order valence-corrected chi connectivity index (χ1v) is 6.56. The van der Waals surface area contributed by atoms with E-state index < -0.39 is 5.97 Å². The Morgan fingerprint density at radius 3 is 2.61 bits per heavy atom. The van der Waals surface area contributed by atoms with Gasteiger partial charge in [-0.1, -0.05) is 19.3 Å². The van der Waals surface area contributed by atoms with Crippen molar-refractivity contribution < 1.29 is 9.90 Å². The van der Waals surface area contributed by atoms with Crippen molar-refractivity contribution >= 4 is 11.8 Å². The van der Waals surface area contributed by atoms with E-state index in [1.54, 1.807) is 0 Å². The predicted octanol–water partition coefficient (Wildman–Crippen LogP) is 3.14. The molecule has 0 spiro atoms. The van der Waals surface area contributed by atoms with Crippen LogP contribution in [0.5, 0.6) is 0 Å². The molecular formula is C14H20N2O2. The number of nitrogens with one attached hydrogen (secondary N) is 1. The molecule has 18 heavy (non-hydrogen) atoms. The van der Waals surface area contributed by atoms with Crippen molar-refractivity contribution in [3.8, 4) is 0 Å². The summed E-state index contributed by atoms with van der Waals surface area (Å²) in [6, 6.07) is 2.18. The molecule has 98 valence electrons. The molecule has 1 aliphatic rings. The maximum atomic E-state index is 11.3. The van der Waals surface area contributed by atoms with E-state index in [1.165, 1.54) is 19.3 Å². The highest BCUT2D eigenvalue weighted by molar-refractivity contribution is 5.94. The summed E-state index contributed by atoms with van der Waals surface area (Å²) < 4.78 is 0. The van der Waals surface area contributed by atoms with Crippen molar-refractivity contribution in [3.63, 3.8) is 0 Å². The maximum Gasteiger partial charge on any atom is 0.339 e. The lowest BCUT2D eigenvalue weighted by Gasteiger charge is -2.24. The monoisotopic (exact) mass is 248 g/mol. The Morgan fingerprint density at radius 1 is 1.33 bits per heavy atom. The van der Waals surface area contributed by atoms with E-state index in [2.05, 4.69) is 10.3 Å². The molecule has 0 saturated heterocycles. The van der Waals surface area contributed by atoms with E-state index in [0.717, 1.165) is 24.1 Å².